The molecule has 3 aromatic heterocycles. The molecule has 4 aromatic rings. The van der Waals surface area contributed by atoms with E-state index in [1.54, 1.807) is 11.3 Å². The molecule has 1 fully saturated rings. The second kappa shape index (κ2) is 10.7. The van der Waals surface area contributed by atoms with Gasteiger partial charge in [0, 0.05) is 29.1 Å². The lowest BCUT2D eigenvalue weighted by Gasteiger charge is -2.27. The smallest absolute Gasteiger partial charge is 0.227 e. The third-order valence-electron chi connectivity index (χ3n) is 6.09. The van der Waals surface area contributed by atoms with Gasteiger partial charge in [0.15, 0.2) is 17.0 Å². The number of fused-ring (bicyclic) bond motifs is 1. The van der Waals surface area contributed by atoms with E-state index in [9.17, 15) is 0 Å². The van der Waals surface area contributed by atoms with Gasteiger partial charge in [0.25, 0.3) is 0 Å². The summed E-state index contributed by atoms with van der Waals surface area (Å²) in [5.41, 5.74) is 9.79. The molecule has 0 saturated heterocycles. The molecule has 0 aliphatic heterocycles. The van der Waals surface area contributed by atoms with E-state index in [1.165, 1.54) is 0 Å². The average Bonchev–Trinajstić information content (AvgIpc) is 3.47. The lowest BCUT2D eigenvalue weighted by molar-refractivity contribution is 0.410. The van der Waals surface area contributed by atoms with Crippen LogP contribution in [0.1, 0.15) is 51.3 Å². The molecule has 1 saturated carbocycles. The molecule has 0 unspecified atom stereocenters. The van der Waals surface area contributed by atoms with Gasteiger partial charge in [-0.2, -0.15) is 9.97 Å². The summed E-state index contributed by atoms with van der Waals surface area (Å²) < 4.78 is 2.08. The Bertz CT molecular complexity index is 1210. The first-order valence-corrected chi connectivity index (χ1v) is 12.4. The molecule has 0 bridgehead atoms. The Morgan fingerprint density at radius 1 is 1.09 bits per heavy atom. The van der Waals surface area contributed by atoms with Crippen LogP contribution in [0.15, 0.2) is 42.0 Å². The molecule has 0 atom stereocenters. The Balaban J connectivity index is 0.00000274. The van der Waals surface area contributed by atoms with Crippen molar-refractivity contribution in [2.24, 2.45) is 5.73 Å². The zero-order valence-corrected chi connectivity index (χ0v) is 21.1. The first-order chi connectivity index (χ1) is 16.1. The third-order valence-corrected chi connectivity index (χ3v) is 7.03. The van der Waals surface area contributed by atoms with Crippen LogP contribution in [0, 0.1) is 0 Å². The van der Waals surface area contributed by atoms with Gasteiger partial charge in [-0.1, -0.05) is 30.3 Å². The molecule has 10 heteroatoms. The normalized spacial score (nSPS) is 18.1. The maximum Gasteiger partial charge on any atom is 0.227 e. The lowest BCUT2D eigenvalue weighted by atomic mass is 9.92. The highest BCUT2D eigenvalue weighted by Gasteiger charge is 2.21. The SMILES string of the molecule is CC(C)n1cnc2c(NCc3csc(-c4ccccc4)n3)nc(NC3CCC(N)CC3)nc21.Cl. The predicted octanol–water partition coefficient (Wildman–Crippen LogP) is 5.25. The van der Waals surface area contributed by atoms with Crippen LogP contribution < -0.4 is 16.4 Å². The summed E-state index contributed by atoms with van der Waals surface area (Å²) in [6.07, 6.45) is 5.98. The van der Waals surface area contributed by atoms with Gasteiger partial charge in [0.2, 0.25) is 5.95 Å². The van der Waals surface area contributed by atoms with E-state index in [2.05, 4.69) is 51.5 Å². The van der Waals surface area contributed by atoms with Crippen molar-refractivity contribution in [2.45, 2.75) is 64.2 Å². The molecule has 0 spiro atoms. The second-order valence-corrected chi connectivity index (χ2v) is 9.79. The molecule has 8 nitrogen and oxygen atoms in total. The molecule has 180 valence electrons. The molecule has 0 amide bonds. The lowest BCUT2D eigenvalue weighted by Crippen LogP contribution is -2.33. The third kappa shape index (κ3) is 5.32. The first-order valence-electron chi connectivity index (χ1n) is 11.6. The molecule has 0 radical (unpaired) electrons. The minimum Gasteiger partial charge on any atom is -0.362 e. The Hall–Kier alpha value is -2.75. The van der Waals surface area contributed by atoms with Crippen molar-refractivity contribution in [3.8, 4) is 10.6 Å². The summed E-state index contributed by atoms with van der Waals surface area (Å²) in [5.74, 6) is 1.36. The van der Waals surface area contributed by atoms with Crippen molar-refractivity contribution in [1.82, 2.24) is 24.5 Å². The van der Waals surface area contributed by atoms with E-state index < -0.39 is 0 Å². The van der Waals surface area contributed by atoms with E-state index in [4.69, 9.17) is 20.7 Å². The van der Waals surface area contributed by atoms with E-state index in [0.717, 1.165) is 58.9 Å². The predicted molar refractivity (Wildman–Crippen MR) is 142 cm³/mol. The fourth-order valence-corrected chi connectivity index (χ4v) is 5.03. The van der Waals surface area contributed by atoms with Crippen LogP contribution in [0.5, 0.6) is 0 Å². The van der Waals surface area contributed by atoms with Gasteiger partial charge in [-0.3, -0.25) is 0 Å². The van der Waals surface area contributed by atoms with Crippen molar-refractivity contribution in [3.05, 3.63) is 47.7 Å². The summed E-state index contributed by atoms with van der Waals surface area (Å²) in [6.45, 7) is 4.83. The minimum atomic E-state index is 0. The molecule has 4 N–H and O–H groups in total. The number of hydrogen-bond acceptors (Lipinski definition) is 8. The van der Waals surface area contributed by atoms with Crippen molar-refractivity contribution < 1.29 is 0 Å². The van der Waals surface area contributed by atoms with Crippen molar-refractivity contribution in [1.29, 1.82) is 0 Å². The summed E-state index contributed by atoms with van der Waals surface area (Å²) in [5, 5.41) is 10.1. The molecule has 1 aromatic carbocycles. The summed E-state index contributed by atoms with van der Waals surface area (Å²) in [7, 11) is 0. The molecular weight excluding hydrogens is 468 g/mol. The number of nitrogens with two attached hydrogens (primary N) is 1. The Labute approximate surface area is 209 Å². The minimum absolute atomic E-state index is 0. The van der Waals surface area contributed by atoms with E-state index >= 15 is 0 Å². The van der Waals surface area contributed by atoms with Crippen LogP contribution in [0.2, 0.25) is 0 Å². The molecule has 1 aliphatic rings. The highest BCUT2D eigenvalue weighted by atomic mass is 35.5. The van der Waals surface area contributed by atoms with Crippen molar-refractivity contribution in [2.75, 3.05) is 10.6 Å². The summed E-state index contributed by atoms with van der Waals surface area (Å²) >= 11 is 1.65. The number of imidazole rings is 1. The number of anilines is 2. The first kappa shape index (κ1) is 24.4. The number of nitrogens with zero attached hydrogens (tertiary/aromatic N) is 5. The molecule has 3 heterocycles. The van der Waals surface area contributed by atoms with Gasteiger partial charge >= 0.3 is 0 Å². The standard InChI is InChI=1S/C24H30N8S.ClH/c1-15(2)32-14-27-20-21(26-12-19-13-33-23(28-19)16-6-4-3-5-7-16)30-24(31-22(20)32)29-18-10-8-17(25)9-11-18;/h3-7,13-15,17-18H,8-12,25H2,1-2H3,(H2,26,29,30,31);1H. The van der Waals surface area contributed by atoms with Gasteiger partial charge in [0.05, 0.1) is 18.6 Å². The van der Waals surface area contributed by atoms with Crippen LogP contribution in [-0.2, 0) is 6.54 Å². The van der Waals surface area contributed by atoms with E-state index in [0.29, 0.717) is 24.6 Å². The van der Waals surface area contributed by atoms with Crippen LogP contribution in [0.25, 0.3) is 21.7 Å². The Morgan fingerprint density at radius 2 is 1.85 bits per heavy atom. The molecule has 5 rings (SSSR count). The number of hydrogen-bond donors (Lipinski definition) is 3. The Kier molecular flexibility index (Phi) is 7.65. The Morgan fingerprint density at radius 3 is 2.59 bits per heavy atom. The maximum atomic E-state index is 6.08. The van der Waals surface area contributed by atoms with Gasteiger partial charge in [-0.05, 0) is 39.5 Å². The van der Waals surface area contributed by atoms with Gasteiger partial charge in [0.1, 0.15) is 5.01 Å². The highest BCUT2D eigenvalue weighted by Crippen LogP contribution is 2.27. The van der Waals surface area contributed by atoms with Crippen molar-refractivity contribution >= 4 is 46.7 Å². The highest BCUT2D eigenvalue weighted by molar-refractivity contribution is 7.13. The quantitative estimate of drug-likeness (QED) is 0.319. The zero-order valence-electron chi connectivity index (χ0n) is 19.4. The second-order valence-electron chi connectivity index (χ2n) is 8.93. The number of nitrogens with one attached hydrogen (secondary N) is 2. The fraction of sp³-hybridized carbons (Fsp3) is 0.417. The van der Waals surface area contributed by atoms with Crippen LogP contribution in [0.3, 0.4) is 0 Å². The van der Waals surface area contributed by atoms with Gasteiger partial charge < -0.3 is 20.9 Å². The number of benzene rings is 1. The van der Waals surface area contributed by atoms with Crippen LogP contribution >= 0.6 is 23.7 Å². The van der Waals surface area contributed by atoms with Gasteiger partial charge in [-0.25, -0.2) is 9.97 Å². The molecule has 34 heavy (non-hydrogen) atoms. The number of thiazole rings is 1. The number of halogens is 1. The average molecular weight is 499 g/mol. The van der Waals surface area contributed by atoms with Crippen LogP contribution in [0.4, 0.5) is 11.8 Å². The van der Waals surface area contributed by atoms with Crippen LogP contribution in [-0.4, -0.2) is 36.6 Å². The summed E-state index contributed by atoms with van der Waals surface area (Å²) in [6, 6.07) is 11.2. The zero-order chi connectivity index (χ0) is 22.8. The molecule has 1 aliphatic carbocycles. The molecular formula is C24H31ClN8S. The van der Waals surface area contributed by atoms with Gasteiger partial charge in [-0.15, -0.1) is 23.7 Å². The van der Waals surface area contributed by atoms with E-state index in [-0.39, 0.29) is 18.4 Å². The number of aromatic nitrogens is 5. The number of rotatable bonds is 7. The van der Waals surface area contributed by atoms with E-state index in [1.807, 2.05) is 24.5 Å². The maximum absolute atomic E-state index is 6.08. The van der Waals surface area contributed by atoms with Crippen molar-refractivity contribution in [3.63, 3.8) is 0 Å². The summed E-state index contributed by atoms with van der Waals surface area (Å²) in [4.78, 5) is 19.0. The largest absolute Gasteiger partial charge is 0.362 e. The monoisotopic (exact) mass is 498 g/mol. The fourth-order valence-electron chi connectivity index (χ4n) is 4.20. The topological polar surface area (TPSA) is 107 Å².